The van der Waals surface area contributed by atoms with Crippen molar-refractivity contribution in [2.45, 2.75) is 39.3 Å². The molecule has 8 nitrogen and oxygen atoms in total. The number of hydrogen-bond donors (Lipinski definition) is 1. The van der Waals surface area contributed by atoms with Crippen molar-refractivity contribution in [2.75, 3.05) is 37.6 Å². The molecule has 3 aliphatic rings. The number of anilines is 1. The number of carbonyl (C=O) groups excluding carboxylic acids is 2. The first kappa shape index (κ1) is 22.1. The van der Waals surface area contributed by atoms with Gasteiger partial charge in [-0.2, -0.15) is 0 Å². The van der Waals surface area contributed by atoms with E-state index in [4.69, 9.17) is 0 Å². The molecule has 0 aromatic carbocycles. The van der Waals surface area contributed by atoms with E-state index in [1.165, 1.54) is 0 Å². The summed E-state index contributed by atoms with van der Waals surface area (Å²) in [5.41, 5.74) is 4.04. The lowest BCUT2D eigenvalue weighted by Crippen LogP contribution is -2.47. The van der Waals surface area contributed by atoms with Crippen LogP contribution in [-0.4, -0.2) is 78.4 Å². The standard InChI is InChI=1S/C24H30N6O2/c1-4-18-12-21-22(28-23(18)31)11-17(13-25-21)15-29-7-9-30(10-8-29)19-5-6-20(26-14-19)24(32)27-16(2)3/h5-6,11-14,16,21H,4,7-10,15H2,1-3H3,(H,27,32). The van der Waals surface area contributed by atoms with Crippen molar-refractivity contribution in [3.8, 4) is 0 Å². The van der Waals surface area contributed by atoms with E-state index in [2.05, 4.69) is 30.1 Å². The first-order valence-electron chi connectivity index (χ1n) is 11.2. The Kier molecular flexibility index (Phi) is 6.60. The maximum atomic E-state index is 12.1. The lowest BCUT2D eigenvalue weighted by molar-refractivity contribution is -0.114. The highest BCUT2D eigenvalue weighted by Crippen LogP contribution is 2.20. The molecule has 0 aliphatic carbocycles. The van der Waals surface area contributed by atoms with Crippen LogP contribution in [0, 0.1) is 0 Å². The average molecular weight is 435 g/mol. The van der Waals surface area contributed by atoms with Gasteiger partial charge in [0.05, 0.1) is 17.6 Å². The predicted molar refractivity (Wildman–Crippen MR) is 127 cm³/mol. The van der Waals surface area contributed by atoms with E-state index in [-0.39, 0.29) is 23.9 Å². The van der Waals surface area contributed by atoms with Crippen LogP contribution in [0.3, 0.4) is 0 Å². The van der Waals surface area contributed by atoms with Crippen LogP contribution >= 0.6 is 0 Å². The van der Waals surface area contributed by atoms with Gasteiger partial charge in [0, 0.05) is 50.6 Å². The van der Waals surface area contributed by atoms with Crippen molar-refractivity contribution >= 4 is 29.4 Å². The van der Waals surface area contributed by atoms with Crippen LogP contribution in [0.5, 0.6) is 0 Å². The lowest BCUT2D eigenvalue weighted by atomic mass is 9.98. The summed E-state index contributed by atoms with van der Waals surface area (Å²) in [5, 5.41) is 2.86. The van der Waals surface area contributed by atoms with Gasteiger partial charge in [0.2, 0.25) is 0 Å². The molecule has 1 saturated heterocycles. The summed E-state index contributed by atoms with van der Waals surface area (Å²) in [7, 11) is 0. The van der Waals surface area contributed by atoms with Crippen LogP contribution in [0.4, 0.5) is 5.69 Å². The second-order valence-corrected chi connectivity index (χ2v) is 8.62. The number of aromatic nitrogens is 1. The van der Waals surface area contributed by atoms with Crippen LogP contribution in [0.1, 0.15) is 37.7 Å². The van der Waals surface area contributed by atoms with Gasteiger partial charge in [-0.25, -0.2) is 9.98 Å². The SMILES string of the molecule is CCC1=CC2N=CC(CN3CCN(c4ccc(C(=O)NC(C)C)nc4)CC3)=CC2=NC1=O. The average Bonchev–Trinajstić information content (AvgIpc) is 2.79. The molecule has 4 heterocycles. The first-order chi connectivity index (χ1) is 15.4. The number of hydrogen-bond acceptors (Lipinski definition) is 6. The summed E-state index contributed by atoms with van der Waals surface area (Å²) in [4.78, 5) is 42.0. The van der Waals surface area contributed by atoms with Gasteiger partial charge in [-0.15, -0.1) is 0 Å². The normalized spacial score (nSPS) is 21.1. The molecule has 1 unspecified atom stereocenters. The molecule has 1 aromatic rings. The maximum absolute atomic E-state index is 12.1. The Labute approximate surface area is 188 Å². The van der Waals surface area contributed by atoms with E-state index in [1.54, 1.807) is 12.3 Å². The van der Waals surface area contributed by atoms with Crippen molar-refractivity contribution < 1.29 is 9.59 Å². The van der Waals surface area contributed by atoms with Gasteiger partial charge in [0.25, 0.3) is 11.8 Å². The van der Waals surface area contributed by atoms with Gasteiger partial charge in [0.1, 0.15) is 11.7 Å². The Hall–Kier alpha value is -3.13. The molecule has 0 radical (unpaired) electrons. The Morgan fingerprint density at radius 2 is 2.00 bits per heavy atom. The van der Waals surface area contributed by atoms with E-state index >= 15 is 0 Å². The molecule has 4 rings (SSSR count). The topological polar surface area (TPSA) is 90.3 Å². The number of piperazine rings is 1. The van der Waals surface area contributed by atoms with Crippen molar-refractivity contribution in [3.63, 3.8) is 0 Å². The number of nitrogens with zero attached hydrogens (tertiary/aromatic N) is 5. The smallest absolute Gasteiger partial charge is 0.272 e. The summed E-state index contributed by atoms with van der Waals surface area (Å²) in [6, 6.07) is 3.71. The Bertz CT molecular complexity index is 998. The zero-order valence-electron chi connectivity index (χ0n) is 18.9. The first-order valence-corrected chi connectivity index (χ1v) is 11.2. The molecule has 3 aliphatic heterocycles. The van der Waals surface area contributed by atoms with Gasteiger partial charge in [0.15, 0.2) is 0 Å². The third-order valence-corrected chi connectivity index (χ3v) is 5.83. The minimum absolute atomic E-state index is 0.0863. The van der Waals surface area contributed by atoms with Crippen molar-refractivity contribution in [2.24, 2.45) is 9.98 Å². The van der Waals surface area contributed by atoms with Crippen molar-refractivity contribution in [1.29, 1.82) is 0 Å². The number of pyridine rings is 1. The molecule has 0 spiro atoms. The van der Waals surface area contributed by atoms with Gasteiger partial charge < -0.3 is 10.2 Å². The largest absolute Gasteiger partial charge is 0.368 e. The third-order valence-electron chi connectivity index (χ3n) is 5.83. The van der Waals surface area contributed by atoms with Crippen molar-refractivity contribution in [1.82, 2.24) is 15.2 Å². The highest BCUT2D eigenvalue weighted by molar-refractivity contribution is 6.16. The number of carbonyl (C=O) groups is 2. The maximum Gasteiger partial charge on any atom is 0.272 e. The van der Waals surface area contributed by atoms with Crippen molar-refractivity contribution in [3.05, 3.63) is 47.3 Å². The molecule has 1 fully saturated rings. The molecular formula is C24H30N6O2. The van der Waals surface area contributed by atoms with Crippen LogP contribution in [0.2, 0.25) is 0 Å². The molecule has 32 heavy (non-hydrogen) atoms. The Balaban J connectivity index is 1.31. The summed E-state index contributed by atoms with van der Waals surface area (Å²) >= 11 is 0. The predicted octanol–water partition coefficient (Wildman–Crippen LogP) is 2.04. The van der Waals surface area contributed by atoms with Crippen LogP contribution in [0.25, 0.3) is 0 Å². The van der Waals surface area contributed by atoms with E-state index in [9.17, 15) is 9.59 Å². The minimum Gasteiger partial charge on any atom is -0.368 e. The number of amides is 2. The van der Waals surface area contributed by atoms with Gasteiger partial charge in [-0.3, -0.25) is 19.5 Å². The Morgan fingerprint density at radius 3 is 2.66 bits per heavy atom. The van der Waals surface area contributed by atoms with Gasteiger partial charge >= 0.3 is 0 Å². The summed E-state index contributed by atoms with van der Waals surface area (Å²) in [5.74, 6) is -0.284. The second kappa shape index (κ2) is 9.56. The highest BCUT2D eigenvalue weighted by Gasteiger charge is 2.25. The van der Waals surface area contributed by atoms with Gasteiger partial charge in [-0.05, 0) is 50.1 Å². The number of nitrogens with one attached hydrogen (secondary N) is 1. The molecule has 0 bridgehead atoms. The van der Waals surface area contributed by atoms with Gasteiger partial charge in [-0.1, -0.05) is 6.92 Å². The molecule has 8 heteroatoms. The summed E-state index contributed by atoms with van der Waals surface area (Å²) in [6.07, 6.45) is 8.32. The van der Waals surface area contributed by atoms with Crippen LogP contribution in [0.15, 0.2) is 51.6 Å². The fraction of sp³-hybridized carbons (Fsp3) is 0.458. The molecule has 2 amide bonds. The molecule has 0 saturated carbocycles. The number of aliphatic imine (C=N–C) groups is 2. The zero-order valence-corrected chi connectivity index (χ0v) is 18.9. The van der Waals surface area contributed by atoms with Crippen LogP contribution < -0.4 is 10.2 Å². The number of fused-ring (bicyclic) bond motifs is 1. The summed E-state index contributed by atoms with van der Waals surface area (Å²) in [6.45, 7) is 10.2. The fourth-order valence-corrected chi connectivity index (χ4v) is 4.06. The number of rotatable bonds is 6. The zero-order chi connectivity index (χ0) is 22.7. The molecule has 1 atom stereocenters. The minimum atomic E-state index is -0.147. The molecular weight excluding hydrogens is 404 g/mol. The molecule has 1 N–H and O–H groups in total. The van der Waals surface area contributed by atoms with E-state index in [1.807, 2.05) is 45.2 Å². The number of dihydropyridines is 2. The molecule has 1 aromatic heterocycles. The quantitative estimate of drug-likeness (QED) is 0.740. The monoisotopic (exact) mass is 434 g/mol. The van der Waals surface area contributed by atoms with Crippen LogP contribution in [-0.2, 0) is 4.79 Å². The highest BCUT2D eigenvalue weighted by atomic mass is 16.2. The van der Waals surface area contributed by atoms with E-state index in [0.29, 0.717) is 12.1 Å². The lowest BCUT2D eigenvalue weighted by Gasteiger charge is -2.36. The second-order valence-electron chi connectivity index (χ2n) is 8.62. The molecule has 168 valence electrons. The van der Waals surface area contributed by atoms with E-state index < -0.39 is 0 Å². The summed E-state index contributed by atoms with van der Waals surface area (Å²) < 4.78 is 0. The Morgan fingerprint density at radius 1 is 1.22 bits per heavy atom. The van der Waals surface area contributed by atoms with E-state index in [0.717, 1.165) is 55.3 Å². The fourth-order valence-electron chi connectivity index (χ4n) is 4.06. The third kappa shape index (κ3) is 5.02.